The third kappa shape index (κ3) is 4.06. The van der Waals surface area contributed by atoms with Crippen LogP contribution >= 0.6 is 0 Å². The molecule has 0 aliphatic heterocycles. The van der Waals surface area contributed by atoms with Crippen molar-refractivity contribution in [2.24, 2.45) is 11.1 Å². The average molecular weight is 267 g/mol. The lowest BCUT2D eigenvalue weighted by atomic mass is 9.92. The van der Waals surface area contributed by atoms with E-state index in [1.165, 1.54) is 0 Å². The van der Waals surface area contributed by atoms with Gasteiger partial charge in [-0.3, -0.25) is 9.59 Å². The molecule has 1 aromatic rings. The number of aromatic nitrogens is 2. The molecule has 0 aliphatic carbocycles. The first-order valence-corrected chi connectivity index (χ1v) is 6.13. The van der Waals surface area contributed by atoms with E-state index in [0.29, 0.717) is 18.8 Å². The molecule has 0 bridgehead atoms. The molecule has 0 fully saturated rings. The zero-order chi connectivity index (χ0) is 14.5. The number of hydrogen-bond acceptors (Lipinski definition) is 4. The Morgan fingerprint density at radius 3 is 2.74 bits per heavy atom. The van der Waals surface area contributed by atoms with Crippen molar-refractivity contribution < 1.29 is 9.59 Å². The minimum absolute atomic E-state index is 0.124. The summed E-state index contributed by atoms with van der Waals surface area (Å²) in [5, 5.41) is 5.27. The number of imidazole rings is 1. The smallest absolute Gasteiger partial charge is 0.271 e. The summed E-state index contributed by atoms with van der Waals surface area (Å²) >= 11 is 0. The van der Waals surface area contributed by atoms with E-state index in [2.05, 4.69) is 15.6 Å². The van der Waals surface area contributed by atoms with Crippen molar-refractivity contribution >= 4 is 11.8 Å². The molecule has 19 heavy (non-hydrogen) atoms. The van der Waals surface area contributed by atoms with Crippen LogP contribution in [-0.4, -0.2) is 41.5 Å². The molecule has 0 aliphatic rings. The van der Waals surface area contributed by atoms with Gasteiger partial charge in [0.2, 0.25) is 5.91 Å². The van der Waals surface area contributed by atoms with Crippen molar-refractivity contribution in [3.8, 4) is 0 Å². The second-order valence-electron chi connectivity index (χ2n) is 4.93. The van der Waals surface area contributed by atoms with Crippen LogP contribution < -0.4 is 16.4 Å². The molecule has 0 atom stereocenters. The number of nitrogens with one attached hydrogen (secondary N) is 2. The molecular formula is C12H21N5O2. The fraction of sp³-hybridized carbons (Fsp3) is 0.583. The first-order valence-electron chi connectivity index (χ1n) is 6.13. The zero-order valence-corrected chi connectivity index (χ0v) is 11.6. The van der Waals surface area contributed by atoms with Crippen molar-refractivity contribution in [2.75, 3.05) is 20.1 Å². The minimum atomic E-state index is -0.662. The van der Waals surface area contributed by atoms with Crippen molar-refractivity contribution in [1.29, 1.82) is 0 Å². The van der Waals surface area contributed by atoms with Gasteiger partial charge in [-0.1, -0.05) is 0 Å². The Kier molecular flexibility index (Phi) is 5.05. The highest BCUT2D eigenvalue weighted by Gasteiger charge is 2.27. The van der Waals surface area contributed by atoms with Gasteiger partial charge in [0.25, 0.3) is 5.91 Å². The molecule has 0 spiro atoms. The van der Waals surface area contributed by atoms with Crippen LogP contribution in [0.4, 0.5) is 0 Å². The molecule has 0 aromatic carbocycles. The maximum absolute atomic E-state index is 11.9. The number of amides is 2. The van der Waals surface area contributed by atoms with Crippen LogP contribution in [0.15, 0.2) is 12.5 Å². The van der Waals surface area contributed by atoms with Gasteiger partial charge in [-0.15, -0.1) is 0 Å². The summed E-state index contributed by atoms with van der Waals surface area (Å²) in [6.07, 6.45) is 3.20. The van der Waals surface area contributed by atoms with Crippen LogP contribution in [-0.2, 0) is 11.3 Å². The summed E-state index contributed by atoms with van der Waals surface area (Å²) in [7, 11) is 1.57. The fourth-order valence-corrected chi connectivity index (χ4v) is 1.56. The summed E-state index contributed by atoms with van der Waals surface area (Å²) in [6.45, 7) is 4.87. The van der Waals surface area contributed by atoms with Crippen molar-refractivity contribution in [1.82, 2.24) is 20.2 Å². The summed E-state index contributed by atoms with van der Waals surface area (Å²) < 4.78 is 1.75. The van der Waals surface area contributed by atoms with Crippen LogP contribution in [0.2, 0.25) is 0 Å². The Bertz CT molecular complexity index is 453. The normalized spacial score (nSPS) is 11.2. The lowest BCUT2D eigenvalue weighted by molar-refractivity contribution is -0.128. The van der Waals surface area contributed by atoms with Gasteiger partial charge in [-0.2, -0.15) is 0 Å². The molecule has 0 saturated carbocycles. The molecule has 0 unspecified atom stereocenters. The number of nitrogens with zero attached hydrogens (tertiary/aromatic N) is 2. The molecule has 1 aromatic heterocycles. The van der Waals surface area contributed by atoms with Crippen LogP contribution in [0.25, 0.3) is 0 Å². The van der Waals surface area contributed by atoms with E-state index in [0.717, 1.165) is 0 Å². The van der Waals surface area contributed by atoms with Gasteiger partial charge in [-0.25, -0.2) is 4.98 Å². The molecular weight excluding hydrogens is 246 g/mol. The van der Waals surface area contributed by atoms with E-state index >= 15 is 0 Å². The van der Waals surface area contributed by atoms with Gasteiger partial charge in [-0.05, 0) is 13.8 Å². The Morgan fingerprint density at radius 1 is 1.47 bits per heavy atom. The molecule has 2 amide bonds. The average Bonchev–Trinajstić information content (AvgIpc) is 2.84. The predicted molar refractivity (Wildman–Crippen MR) is 71.5 cm³/mol. The minimum Gasteiger partial charge on any atom is -0.359 e. The number of carbonyl (C=O) groups excluding carboxylic acids is 2. The quantitative estimate of drug-likeness (QED) is 0.637. The first kappa shape index (κ1) is 15.2. The number of rotatable bonds is 6. The van der Waals surface area contributed by atoms with Crippen LogP contribution in [0, 0.1) is 5.41 Å². The van der Waals surface area contributed by atoms with E-state index in [1.807, 2.05) is 0 Å². The highest BCUT2D eigenvalue weighted by molar-refractivity contribution is 5.92. The summed E-state index contributed by atoms with van der Waals surface area (Å²) in [6, 6.07) is 0. The summed E-state index contributed by atoms with van der Waals surface area (Å²) in [5.74, 6) is -0.422. The second-order valence-corrected chi connectivity index (χ2v) is 4.93. The highest BCUT2D eigenvalue weighted by atomic mass is 16.2. The summed E-state index contributed by atoms with van der Waals surface area (Å²) in [5.41, 5.74) is 5.07. The van der Waals surface area contributed by atoms with Crippen molar-refractivity contribution in [3.63, 3.8) is 0 Å². The molecule has 1 heterocycles. The monoisotopic (exact) mass is 267 g/mol. The van der Waals surface area contributed by atoms with Crippen molar-refractivity contribution in [3.05, 3.63) is 18.2 Å². The van der Waals surface area contributed by atoms with Crippen LogP contribution in [0.3, 0.4) is 0 Å². The Labute approximate surface area is 112 Å². The first-order chi connectivity index (χ1) is 8.90. The third-order valence-corrected chi connectivity index (χ3v) is 2.79. The number of nitrogens with two attached hydrogens (primary N) is 1. The molecule has 106 valence electrons. The SMILES string of the molecule is CNC(=O)C(C)(C)CNC(=O)c1cn(CCN)cn1. The molecule has 7 nitrogen and oxygen atoms in total. The standard InChI is InChI=1S/C12H21N5O2/c1-12(2,11(19)14-3)7-15-10(18)9-6-17(5-4-13)8-16-9/h6,8H,4-5,7,13H2,1-3H3,(H,14,19)(H,15,18). The van der Waals surface area contributed by atoms with Gasteiger partial charge >= 0.3 is 0 Å². The molecule has 0 saturated heterocycles. The number of hydrogen-bond donors (Lipinski definition) is 3. The Hall–Kier alpha value is -1.89. The molecule has 1 rings (SSSR count). The van der Waals surface area contributed by atoms with Gasteiger partial charge in [0.05, 0.1) is 11.7 Å². The second kappa shape index (κ2) is 6.33. The van der Waals surface area contributed by atoms with Gasteiger partial charge in [0.15, 0.2) is 0 Å². The molecule has 4 N–H and O–H groups in total. The topological polar surface area (TPSA) is 102 Å². The third-order valence-electron chi connectivity index (χ3n) is 2.79. The summed E-state index contributed by atoms with van der Waals surface area (Å²) in [4.78, 5) is 27.4. The predicted octanol–water partition coefficient (Wildman–Crippen LogP) is -0.656. The molecule has 7 heteroatoms. The van der Waals surface area contributed by atoms with Gasteiger partial charge in [0.1, 0.15) is 5.69 Å². The largest absolute Gasteiger partial charge is 0.359 e. The van der Waals surface area contributed by atoms with Crippen LogP contribution in [0.1, 0.15) is 24.3 Å². The van der Waals surface area contributed by atoms with Crippen LogP contribution in [0.5, 0.6) is 0 Å². The fourth-order valence-electron chi connectivity index (χ4n) is 1.56. The lowest BCUT2D eigenvalue weighted by Crippen LogP contribution is -2.43. The van der Waals surface area contributed by atoms with E-state index in [1.54, 1.807) is 38.0 Å². The van der Waals surface area contributed by atoms with E-state index in [-0.39, 0.29) is 18.4 Å². The van der Waals surface area contributed by atoms with E-state index in [4.69, 9.17) is 5.73 Å². The van der Waals surface area contributed by atoms with Crippen molar-refractivity contribution in [2.45, 2.75) is 20.4 Å². The number of carbonyl (C=O) groups is 2. The maximum Gasteiger partial charge on any atom is 0.271 e. The highest BCUT2D eigenvalue weighted by Crippen LogP contribution is 2.13. The Balaban J connectivity index is 2.57. The van der Waals surface area contributed by atoms with Gasteiger partial charge in [0, 0.05) is 32.9 Å². The maximum atomic E-state index is 11.9. The van der Waals surface area contributed by atoms with Gasteiger partial charge < -0.3 is 20.9 Å². The molecule has 0 radical (unpaired) electrons. The Morgan fingerprint density at radius 2 is 2.16 bits per heavy atom. The van der Waals surface area contributed by atoms with E-state index < -0.39 is 5.41 Å². The zero-order valence-electron chi connectivity index (χ0n) is 11.6. The van der Waals surface area contributed by atoms with E-state index in [9.17, 15) is 9.59 Å². The lowest BCUT2D eigenvalue weighted by Gasteiger charge is -2.22.